The lowest BCUT2D eigenvalue weighted by Crippen LogP contribution is -2.11. The summed E-state index contributed by atoms with van der Waals surface area (Å²) in [5.41, 5.74) is 4.40. The lowest BCUT2D eigenvalue weighted by molar-refractivity contribution is 0.102. The summed E-state index contributed by atoms with van der Waals surface area (Å²) in [6.45, 7) is 3.95. The molecule has 106 valence electrons. The van der Waals surface area contributed by atoms with Gasteiger partial charge in [-0.05, 0) is 49.7 Å². The fraction of sp³-hybridized carbons (Fsp3) is 0.176. The first-order chi connectivity index (χ1) is 10.0. The molecule has 0 saturated carbocycles. The molecule has 3 aromatic rings. The molecule has 0 fully saturated rings. The van der Waals surface area contributed by atoms with E-state index in [2.05, 4.69) is 10.3 Å². The molecule has 1 aromatic heterocycles. The van der Waals surface area contributed by atoms with E-state index < -0.39 is 0 Å². The zero-order valence-electron chi connectivity index (χ0n) is 12.3. The Bertz CT molecular complexity index is 833. The van der Waals surface area contributed by atoms with Gasteiger partial charge in [-0.1, -0.05) is 12.1 Å². The van der Waals surface area contributed by atoms with Crippen molar-refractivity contribution < 1.29 is 4.79 Å². The van der Waals surface area contributed by atoms with Crippen molar-refractivity contribution in [3.05, 3.63) is 59.4 Å². The number of hydrogen-bond acceptors (Lipinski definition) is 2. The molecule has 0 spiro atoms. The summed E-state index contributed by atoms with van der Waals surface area (Å²) in [6, 6.07) is 13.3. The Kier molecular flexibility index (Phi) is 3.22. The minimum atomic E-state index is -0.120. The van der Waals surface area contributed by atoms with Gasteiger partial charge in [0.15, 0.2) is 0 Å². The van der Waals surface area contributed by atoms with Crippen LogP contribution >= 0.6 is 0 Å². The molecule has 0 aliphatic heterocycles. The molecule has 1 amide bonds. The minimum absolute atomic E-state index is 0.120. The van der Waals surface area contributed by atoms with E-state index >= 15 is 0 Å². The lowest BCUT2D eigenvalue weighted by Gasteiger charge is -2.06. The van der Waals surface area contributed by atoms with E-state index in [9.17, 15) is 4.79 Å². The highest BCUT2D eigenvalue weighted by Crippen LogP contribution is 2.18. The van der Waals surface area contributed by atoms with Gasteiger partial charge in [-0.2, -0.15) is 0 Å². The van der Waals surface area contributed by atoms with E-state index in [1.54, 1.807) is 0 Å². The summed E-state index contributed by atoms with van der Waals surface area (Å²) in [4.78, 5) is 16.8. The van der Waals surface area contributed by atoms with Crippen LogP contribution in [0.1, 0.15) is 21.7 Å². The number of carbonyl (C=O) groups is 1. The number of benzene rings is 2. The van der Waals surface area contributed by atoms with Gasteiger partial charge in [0.1, 0.15) is 5.82 Å². The highest BCUT2D eigenvalue weighted by Gasteiger charge is 2.10. The van der Waals surface area contributed by atoms with Gasteiger partial charge in [0, 0.05) is 18.3 Å². The Morgan fingerprint density at radius 3 is 2.71 bits per heavy atom. The van der Waals surface area contributed by atoms with Crippen LogP contribution in [0.4, 0.5) is 5.69 Å². The second-order valence-electron chi connectivity index (χ2n) is 5.25. The molecular weight excluding hydrogens is 262 g/mol. The molecule has 0 bridgehead atoms. The third-order valence-corrected chi connectivity index (χ3v) is 3.64. The Labute approximate surface area is 123 Å². The predicted molar refractivity (Wildman–Crippen MR) is 84.6 cm³/mol. The van der Waals surface area contributed by atoms with Crippen molar-refractivity contribution in [1.29, 1.82) is 0 Å². The van der Waals surface area contributed by atoms with E-state index in [0.717, 1.165) is 28.1 Å². The standard InChI is InChI=1S/C17H17N3O/c1-11-5-4-6-14(9-11)19-17(21)13-7-8-16-15(10-13)18-12(2)20(16)3/h4-10H,1-3H3,(H,19,21). The van der Waals surface area contributed by atoms with Crippen LogP contribution < -0.4 is 5.32 Å². The fourth-order valence-corrected chi connectivity index (χ4v) is 2.39. The highest BCUT2D eigenvalue weighted by molar-refractivity contribution is 6.06. The summed E-state index contributed by atoms with van der Waals surface area (Å²) in [6.07, 6.45) is 0. The molecule has 4 heteroatoms. The van der Waals surface area contributed by atoms with Crippen molar-refractivity contribution in [2.24, 2.45) is 7.05 Å². The van der Waals surface area contributed by atoms with Crippen molar-refractivity contribution in [2.75, 3.05) is 5.32 Å². The molecule has 0 aliphatic rings. The Morgan fingerprint density at radius 2 is 1.95 bits per heavy atom. The fourth-order valence-electron chi connectivity index (χ4n) is 2.39. The van der Waals surface area contributed by atoms with Crippen LogP contribution in [0.25, 0.3) is 11.0 Å². The smallest absolute Gasteiger partial charge is 0.255 e. The van der Waals surface area contributed by atoms with Crippen molar-refractivity contribution >= 4 is 22.6 Å². The summed E-state index contributed by atoms with van der Waals surface area (Å²) in [5.74, 6) is 0.812. The molecule has 1 heterocycles. The van der Waals surface area contributed by atoms with Crippen molar-refractivity contribution in [1.82, 2.24) is 9.55 Å². The summed E-state index contributed by atoms with van der Waals surface area (Å²) >= 11 is 0. The molecule has 2 aromatic carbocycles. The molecule has 1 N–H and O–H groups in total. The maximum atomic E-state index is 12.3. The molecule has 3 rings (SSSR count). The van der Waals surface area contributed by atoms with Gasteiger partial charge < -0.3 is 9.88 Å². The van der Waals surface area contributed by atoms with Gasteiger partial charge in [0.2, 0.25) is 0 Å². The number of imidazole rings is 1. The SMILES string of the molecule is Cc1cccc(NC(=O)c2ccc3c(c2)nc(C)n3C)c1. The first kappa shape index (κ1) is 13.4. The van der Waals surface area contributed by atoms with Crippen molar-refractivity contribution in [3.63, 3.8) is 0 Å². The van der Waals surface area contributed by atoms with Crippen LogP contribution in [-0.4, -0.2) is 15.5 Å². The van der Waals surface area contributed by atoms with E-state index in [1.165, 1.54) is 0 Å². The monoisotopic (exact) mass is 279 g/mol. The van der Waals surface area contributed by atoms with E-state index in [0.29, 0.717) is 5.56 Å². The molecule has 0 aliphatic carbocycles. The second kappa shape index (κ2) is 5.05. The van der Waals surface area contributed by atoms with Gasteiger partial charge in [-0.3, -0.25) is 4.79 Å². The Hall–Kier alpha value is -2.62. The Balaban J connectivity index is 1.91. The Morgan fingerprint density at radius 1 is 1.14 bits per heavy atom. The third kappa shape index (κ3) is 2.52. The van der Waals surface area contributed by atoms with E-state index in [4.69, 9.17) is 0 Å². The molecule has 21 heavy (non-hydrogen) atoms. The molecule has 0 unspecified atom stereocenters. The molecule has 0 radical (unpaired) electrons. The van der Waals surface area contributed by atoms with Crippen LogP contribution in [0.3, 0.4) is 0 Å². The van der Waals surface area contributed by atoms with Crippen LogP contribution in [0.15, 0.2) is 42.5 Å². The summed E-state index contributed by atoms with van der Waals surface area (Å²) < 4.78 is 2.01. The van der Waals surface area contributed by atoms with Gasteiger partial charge in [0.05, 0.1) is 11.0 Å². The van der Waals surface area contributed by atoms with Gasteiger partial charge >= 0.3 is 0 Å². The van der Waals surface area contributed by atoms with E-state index in [1.807, 2.05) is 67.9 Å². The zero-order valence-corrected chi connectivity index (χ0v) is 12.3. The first-order valence-electron chi connectivity index (χ1n) is 6.86. The number of fused-ring (bicyclic) bond motifs is 1. The summed E-state index contributed by atoms with van der Waals surface area (Å²) in [7, 11) is 1.97. The normalized spacial score (nSPS) is 10.8. The lowest BCUT2D eigenvalue weighted by atomic mass is 10.1. The topological polar surface area (TPSA) is 46.9 Å². The van der Waals surface area contributed by atoms with Gasteiger partial charge in [0.25, 0.3) is 5.91 Å². The van der Waals surface area contributed by atoms with Crippen LogP contribution in [0, 0.1) is 13.8 Å². The van der Waals surface area contributed by atoms with Crippen molar-refractivity contribution in [3.8, 4) is 0 Å². The average Bonchev–Trinajstić information content (AvgIpc) is 2.73. The number of aryl methyl sites for hydroxylation is 3. The molecule has 4 nitrogen and oxygen atoms in total. The third-order valence-electron chi connectivity index (χ3n) is 3.64. The number of rotatable bonds is 2. The van der Waals surface area contributed by atoms with Crippen LogP contribution in [0.5, 0.6) is 0 Å². The zero-order chi connectivity index (χ0) is 15.0. The average molecular weight is 279 g/mol. The number of nitrogens with zero attached hydrogens (tertiary/aromatic N) is 2. The largest absolute Gasteiger partial charge is 0.331 e. The number of anilines is 1. The van der Waals surface area contributed by atoms with Gasteiger partial charge in [-0.25, -0.2) is 4.98 Å². The summed E-state index contributed by atoms with van der Waals surface area (Å²) in [5, 5.41) is 2.91. The maximum Gasteiger partial charge on any atom is 0.255 e. The number of amides is 1. The second-order valence-corrected chi connectivity index (χ2v) is 5.25. The maximum absolute atomic E-state index is 12.3. The molecular formula is C17H17N3O. The van der Waals surface area contributed by atoms with Crippen molar-refractivity contribution in [2.45, 2.75) is 13.8 Å². The van der Waals surface area contributed by atoms with Crippen LogP contribution in [0.2, 0.25) is 0 Å². The first-order valence-corrected chi connectivity index (χ1v) is 6.86. The number of aromatic nitrogens is 2. The van der Waals surface area contributed by atoms with Crippen LogP contribution in [-0.2, 0) is 7.05 Å². The van der Waals surface area contributed by atoms with E-state index in [-0.39, 0.29) is 5.91 Å². The van der Waals surface area contributed by atoms with Gasteiger partial charge in [-0.15, -0.1) is 0 Å². The quantitative estimate of drug-likeness (QED) is 0.781. The predicted octanol–water partition coefficient (Wildman–Crippen LogP) is 3.44. The molecule has 0 atom stereocenters. The number of hydrogen-bond donors (Lipinski definition) is 1. The highest BCUT2D eigenvalue weighted by atomic mass is 16.1. The number of carbonyl (C=O) groups excluding carboxylic acids is 1. The number of nitrogens with one attached hydrogen (secondary N) is 1. The minimum Gasteiger partial charge on any atom is -0.331 e. The molecule has 0 saturated heterocycles.